The average molecular weight is 189 g/mol. The molecule has 1 aromatic carbocycles. The highest BCUT2D eigenvalue weighted by atomic mass is 14.7. The standard InChI is InChI=1S/C13H19N/c1-3-10-4-6-11(7-5-10)13-8-12(13)9(2)14/h4-7,9,12-13H,3,8,14H2,1-2H3/t9-,12-,13+/m1/s1. The molecule has 0 saturated heterocycles. The second-order valence-corrected chi connectivity index (χ2v) is 4.46. The maximum absolute atomic E-state index is 5.88. The summed E-state index contributed by atoms with van der Waals surface area (Å²) in [4.78, 5) is 0. The van der Waals surface area contributed by atoms with E-state index in [-0.39, 0.29) is 0 Å². The van der Waals surface area contributed by atoms with E-state index >= 15 is 0 Å². The first-order chi connectivity index (χ1) is 6.72. The van der Waals surface area contributed by atoms with Gasteiger partial charge in [-0.3, -0.25) is 0 Å². The van der Waals surface area contributed by atoms with Gasteiger partial charge in [0, 0.05) is 6.04 Å². The Hall–Kier alpha value is -0.820. The topological polar surface area (TPSA) is 26.0 Å². The van der Waals surface area contributed by atoms with Crippen LogP contribution in [0, 0.1) is 5.92 Å². The SMILES string of the molecule is CCc1ccc([C@@H]2C[C@@H]2[C@@H](C)N)cc1. The van der Waals surface area contributed by atoms with Crippen LogP contribution >= 0.6 is 0 Å². The van der Waals surface area contributed by atoms with Crippen molar-refractivity contribution in [3.8, 4) is 0 Å². The lowest BCUT2D eigenvalue weighted by Gasteiger charge is -2.04. The number of benzene rings is 1. The first kappa shape index (κ1) is 9.72. The molecule has 1 heteroatoms. The summed E-state index contributed by atoms with van der Waals surface area (Å²) in [7, 11) is 0. The molecule has 1 aliphatic carbocycles. The fourth-order valence-corrected chi connectivity index (χ4v) is 2.18. The summed E-state index contributed by atoms with van der Waals surface area (Å²) < 4.78 is 0. The largest absolute Gasteiger partial charge is 0.328 e. The molecule has 0 amide bonds. The zero-order valence-corrected chi connectivity index (χ0v) is 9.03. The molecule has 1 aromatic rings. The van der Waals surface area contributed by atoms with Crippen LogP contribution in [0.3, 0.4) is 0 Å². The molecule has 1 aliphatic rings. The van der Waals surface area contributed by atoms with Crippen molar-refractivity contribution in [1.82, 2.24) is 0 Å². The molecular weight excluding hydrogens is 170 g/mol. The Morgan fingerprint density at radius 2 is 2.00 bits per heavy atom. The molecule has 1 nitrogen and oxygen atoms in total. The quantitative estimate of drug-likeness (QED) is 0.777. The second-order valence-electron chi connectivity index (χ2n) is 4.46. The zero-order valence-electron chi connectivity index (χ0n) is 9.03. The van der Waals surface area contributed by atoms with Crippen LogP contribution in [0.4, 0.5) is 0 Å². The smallest absolute Gasteiger partial charge is 0.00448 e. The highest BCUT2D eigenvalue weighted by Gasteiger charge is 2.40. The lowest BCUT2D eigenvalue weighted by atomic mass is 10.0. The summed E-state index contributed by atoms with van der Waals surface area (Å²) in [6.45, 7) is 4.31. The second kappa shape index (κ2) is 3.74. The molecule has 0 spiro atoms. The van der Waals surface area contributed by atoms with Crippen molar-refractivity contribution in [2.24, 2.45) is 11.7 Å². The monoisotopic (exact) mass is 189 g/mol. The molecule has 0 unspecified atom stereocenters. The van der Waals surface area contributed by atoms with Gasteiger partial charge in [-0.2, -0.15) is 0 Å². The molecular formula is C13H19N. The number of hydrogen-bond donors (Lipinski definition) is 1. The lowest BCUT2D eigenvalue weighted by Crippen LogP contribution is -2.17. The molecule has 0 aliphatic heterocycles. The van der Waals surface area contributed by atoms with Gasteiger partial charge in [-0.25, -0.2) is 0 Å². The minimum atomic E-state index is 0.353. The van der Waals surface area contributed by atoms with E-state index in [9.17, 15) is 0 Å². The first-order valence-electron chi connectivity index (χ1n) is 5.56. The molecule has 2 N–H and O–H groups in total. The molecule has 0 aromatic heterocycles. The van der Waals surface area contributed by atoms with E-state index in [1.165, 1.54) is 17.5 Å². The summed E-state index contributed by atoms with van der Waals surface area (Å²) in [6.07, 6.45) is 2.41. The molecule has 2 rings (SSSR count). The predicted molar refractivity (Wildman–Crippen MR) is 60.3 cm³/mol. The van der Waals surface area contributed by atoms with Crippen LogP contribution in [0.5, 0.6) is 0 Å². The van der Waals surface area contributed by atoms with Crippen molar-refractivity contribution >= 4 is 0 Å². The molecule has 0 heterocycles. The lowest BCUT2D eigenvalue weighted by molar-refractivity contribution is 0.631. The highest BCUT2D eigenvalue weighted by molar-refractivity contribution is 5.30. The van der Waals surface area contributed by atoms with Crippen LogP contribution in [0.2, 0.25) is 0 Å². The molecule has 76 valence electrons. The summed E-state index contributed by atoms with van der Waals surface area (Å²) in [5, 5.41) is 0. The van der Waals surface area contributed by atoms with Crippen LogP contribution in [0.1, 0.15) is 37.3 Å². The molecule has 1 fully saturated rings. The van der Waals surface area contributed by atoms with E-state index in [0.29, 0.717) is 6.04 Å². The van der Waals surface area contributed by atoms with Crippen molar-refractivity contribution < 1.29 is 0 Å². The van der Waals surface area contributed by atoms with Crippen molar-refractivity contribution in [2.45, 2.75) is 38.6 Å². The molecule has 0 radical (unpaired) electrons. The Kier molecular flexibility index (Phi) is 2.60. The third kappa shape index (κ3) is 1.83. The van der Waals surface area contributed by atoms with Crippen molar-refractivity contribution in [3.63, 3.8) is 0 Å². The molecule has 1 saturated carbocycles. The van der Waals surface area contributed by atoms with Gasteiger partial charge in [-0.1, -0.05) is 31.2 Å². The molecule has 3 atom stereocenters. The predicted octanol–water partition coefficient (Wildman–Crippen LogP) is 2.70. The van der Waals surface area contributed by atoms with Crippen LogP contribution in [-0.2, 0) is 6.42 Å². The Bertz CT molecular complexity index is 300. The van der Waals surface area contributed by atoms with Gasteiger partial charge in [-0.15, -0.1) is 0 Å². The van der Waals surface area contributed by atoms with Crippen LogP contribution in [0.25, 0.3) is 0 Å². The van der Waals surface area contributed by atoms with E-state index in [2.05, 4.69) is 38.1 Å². The van der Waals surface area contributed by atoms with Crippen LogP contribution in [0.15, 0.2) is 24.3 Å². The number of nitrogens with two attached hydrogens (primary N) is 1. The Labute approximate surface area is 86.3 Å². The van der Waals surface area contributed by atoms with Crippen LogP contribution in [-0.4, -0.2) is 6.04 Å². The van der Waals surface area contributed by atoms with Crippen LogP contribution < -0.4 is 5.73 Å². The molecule has 14 heavy (non-hydrogen) atoms. The van der Waals surface area contributed by atoms with Gasteiger partial charge in [0.2, 0.25) is 0 Å². The maximum Gasteiger partial charge on any atom is 0.00448 e. The van der Waals surface area contributed by atoms with Gasteiger partial charge in [-0.05, 0) is 42.7 Å². The van der Waals surface area contributed by atoms with E-state index in [1.807, 2.05) is 0 Å². The van der Waals surface area contributed by atoms with Crippen molar-refractivity contribution in [3.05, 3.63) is 35.4 Å². The molecule has 0 bridgehead atoms. The summed E-state index contributed by atoms with van der Waals surface area (Å²) >= 11 is 0. The van der Waals surface area contributed by atoms with E-state index in [4.69, 9.17) is 5.73 Å². The van der Waals surface area contributed by atoms with Gasteiger partial charge < -0.3 is 5.73 Å². The third-order valence-corrected chi connectivity index (χ3v) is 3.33. The fraction of sp³-hybridized carbons (Fsp3) is 0.538. The van der Waals surface area contributed by atoms with Gasteiger partial charge in [0.05, 0.1) is 0 Å². The summed E-state index contributed by atoms with van der Waals surface area (Å²) in [5.74, 6) is 1.46. The van der Waals surface area contributed by atoms with Gasteiger partial charge in [0.15, 0.2) is 0 Å². The Morgan fingerprint density at radius 1 is 1.36 bits per heavy atom. The van der Waals surface area contributed by atoms with Gasteiger partial charge >= 0.3 is 0 Å². The van der Waals surface area contributed by atoms with Gasteiger partial charge in [0.25, 0.3) is 0 Å². The van der Waals surface area contributed by atoms with Gasteiger partial charge in [0.1, 0.15) is 0 Å². The van der Waals surface area contributed by atoms with E-state index in [0.717, 1.165) is 18.3 Å². The summed E-state index contributed by atoms with van der Waals surface area (Å²) in [6, 6.07) is 9.38. The Balaban J connectivity index is 2.05. The van der Waals surface area contributed by atoms with E-state index < -0.39 is 0 Å². The normalized spacial score (nSPS) is 27.4. The minimum Gasteiger partial charge on any atom is -0.328 e. The van der Waals surface area contributed by atoms with E-state index in [1.54, 1.807) is 0 Å². The Morgan fingerprint density at radius 3 is 2.43 bits per heavy atom. The highest BCUT2D eigenvalue weighted by Crippen LogP contribution is 2.48. The minimum absolute atomic E-state index is 0.353. The third-order valence-electron chi connectivity index (χ3n) is 3.33. The number of hydrogen-bond acceptors (Lipinski definition) is 1. The first-order valence-corrected chi connectivity index (χ1v) is 5.56. The zero-order chi connectivity index (χ0) is 10.1. The fourth-order valence-electron chi connectivity index (χ4n) is 2.18. The van der Waals surface area contributed by atoms with Crippen molar-refractivity contribution in [2.75, 3.05) is 0 Å². The average Bonchev–Trinajstić information content (AvgIpc) is 2.97. The maximum atomic E-state index is 5.88. The van der Waals surface area contributed by atoms with Crippen molar-refractivity contribution in [1.29, 1.82) is 0 Å². The number of rotatable bonds is 3. The number of aryl methyl sites for hydroxylation is 1. The summed E-state index contributed by atoms with van der Waals surface area (Å²) in [5.41, 5.74) is 8.78.